The maximum atomic E-state index is 12.6. The number of nitrogens with zero attached hydrogens (tertiary/aromatic N) is 2. The maximum absolute atomic E-state index is 12.6. The largest absolute Gasteiger partial charge is 0.610 e. The minimum atomic E-state index is -4.45. The van der Waals surface area contributed by atoms with Crippen LogP contribution in [-0.4, -0.2) is 34.5 Å². The number of pyridine rings is 1. The highest BCUT2D eigenvalue weighted by atomic mass is 32.2. The predicted molar refractivity (Wildman–Crippen MR) is 59.7 cm³/mol. The van der Waals surface area contributed by atoms with E-state index in [2.05, 4.69) is 10.3 Å². The van der Waals surface area contributed by atoms with E-state index in [0.29, 0.717) is 18.9 Å². The third-order valence-corrected chi connectivity index (χ3v) is 4.74. The summed E-state index contributed by atoms with van der Waals surface area (Å²) in [6.45, 7) is 1.84. The molecule has 98 valence electrons. The molecule has 2 atom stereocenters. The van der Waals surface area contributed by atoms with E-state index in [-0.39, 0.29) is 10.3 Å². The van der Waals surface area contributed by atoms with Crippen molar-refractivity contribution >= 4 is 17.0 Å². The summed E-state index contributed by atoms with van der Waals surface area (Å²) in [5.74, 6) is 0.424. The van der Waals surface area contributed by atoms with Gasteiger partial charge in [-0.1, -0.05) is 0 Å². The van der Waals surface area contributed by atoms with Crippen LogP contribution >= 0.6 is 0 Å². The molecular weight excluding hydrogens is 267 g/mol. The van der Waals surface area contributed by atoms with Gasteiger partial charge in [-0.25, -0.2) is 4.98 Å². The highest BCUT2D eigenvalue weighted by Crippen LogP contribution is 2.40. The lowest BCUT2D eigenvalue weighted by atomic mass is 10.2. The molecule has 0 saturated carbocycles. The summed E-state index contributed by atoms with van der Waals surface area (Å²) in [5.41, 5.74) is -0.845. The molecule has 1 saturated heterocycles. The van der Waals surface area contributed by atoms with E-state index < -0.39 is 22.9 Å². The van der Waals surface area contributed by atoms with E-state index >= 15 is 0 Å². The van der Waals surface area contributed by atoms with Crippen LogP contribution in [0.2, 0.25) is 0 Å². The molecular formula is C10H10F3N3OS. The first-order valence-electron chi connectivity index (χ1n) is 5.43. The number of hydrogen-bond acceptors (Lipinski definition) is 4. The first-order chi connectivity index (χ1) is 8.48. The van der Waals surface area contributed by atoms with Gasteiger partial charge in [0.2, 0.25) is 5.37 Å². The molecule has 3 heterocycles. The lowest BCUT2D eigenvalue weighted by Gasteiger charge is -2.29. The van der Waals surface area contributed by atoms with Gasteiger partial charge in [-0.15, -0.1) is 0 Å². The van der Waals surface area contributed by atoms with Crippen LogP contribution in [0.25, 0.3) is 0 Å². The van der Waals surface area contributed by atoms with Gasteiger partial charge in [0.1, 0.15) is 0 Å². The SMILES string of the molecule is [O-][S+]1c2cc(C(F)(F)F)cnc2N2CCNCC21. The second-order valence-corrected chi connectivity index (χ2v) is 5.77. The molecule has 1 aromatic rings. The quantitative estimate of drug-likeness (QED) is 0.718. The first kappa shape index (κ1) is 12.1. The molecule has 0 amide bonds. The van der Waals surface area contributed by atoms with Crippen LogP contribution in [0.5, 0.6) is 0 Å². The number of piperazine rings is 1. The number of anilines is 1. The highest BCUT2D eigenvalue weighted by molar-refractivity contribution is 7.92. The third kappa shape index (κ3) is 1.75. The molecule has 2 aliphatic heterocycles. The Morgan fingerprint density at radius 1 is 1.50 bits per heavy atom. The van der Waals surface area contributed by atoms with E-state index in [0.717, 1.165) is 18.8 Å². The van der Waals surface area contributed by atoms with Gasteiger partial charge in [0.25, 0.3) is 0 Å². The Labute approximate surface area is 104 Å². The molecule has 4 nitrogen and oxygen atoms in total. The van der Waals surface area contributed by atoms with Crippen molar-refractivity contribution in [1.82, 2.24) is 10.3 Å². The van der Waals surface area contributed by atoms with E-state index in [1.807, 2.05) is 4.90 Å². The summed E-state index contributed by atoms with van der Waals surface area (Å²) in [7, 11) is 0. The summed E-state index contributed by atoms with van der Waals surface area (Å²) in [6.07, 6.45) is -3.64. The molecule has 3 rings (SSSR count). The van der Waals surface area contributed by atoms with Crippen LogP contribution in [0.1, 0.15) is 5.56 Å². The summed E-state index contributed by atoms with van der Waals surface area (Å²) in [4.78, 5) is 5.86. The van der Waals surface area contributed by atoms with Gasteiger partial charge in [-0.3, -0.25) is 0 Å². The van der Waals surface area contributed by atoms with Gasteiger partial charge in [-0.2, -0.15) is 13.2 Å². The second-order valence-electron chi connectivity index (χ2n) is 4.19. The van der Waals surface area contributed by atoms with Gasteiger partial charge in [0, 0.05) is 36.5 Å². The number of aromatic nitrogens is 1. The number of halogens is 3. The van der Waals surface area contributed by atoms with Crippen molar-refractivity contribution in [2.24, 2.45) is 0 Å². The molecule has 8 heteroatoms. The van der Waals surface area contributed by atoms with Crippen LogP contribution in [0.15, 0.2) is 17.2 Å². The molecule has 0 radical (unpaired) electrons. The number of alkyl halides is 3. The van der Waals surface area contributed by atoms with Gasteiger partial charge in [-0.05, 0) is 0 Å². The van der Waals surface area contributed by atoms with Gasteiger partial charge >= 0.3 is 6.18 Å². The summed E-state index contributed by atoms with van der Waals surface area (Å²) >= 11 is -1.46. The zero-order valence-corrected chi connectivity index (χ0v) is 10.0. The number of hydrogen-bond donors (Lipinski definition) is 1. The lowest BCUT2D eigenvalue weighted by molar-refractivity contribution is -0.138. The maximum Gasteiger partial charge on any atom is 0.418 e. The first-order valence-corrected chi connectivity index (χ1v) is 6.65. The standard InChI is InChI=1S/C10H10F3N3OS/c11-10(12,13)6-3-7-9(15-4-6)16-2-1-14-5-8(16)18(7)17/h3-4,8,14H,1-2,5H2. The fraction of sp³-hybridized carbons (Fsp3) is 0.500. The zero-order valence-electron chi connectivity index (χ0n) is 9.20. The van der Waals surface area contributed by atoms with Crippen molar-refractivity contribution in [3.05, 3.63) is 17.8 Å². The Bertz CT molecular complexity index is 482. The molecule has 18 heavy (non-hydrogen) atoms. The normalized spacial score (nSPS) is 27.0. The molecule has 1 N–H and O–H groups in total. The third-order valence-electron chi connectivity index (χ3n) is 3.09. The Balaban J connectivity index is 2.03. The van der Waals surface area contributed by atoms with Crippen LogP contribution in [0.3, 0.4) is 0 Å². The fourth-order valence-corrected chi connectivity index (χ4v) is 3.81. The smallest absolute Gasteiger partial charge is 0.418 e. The van der Waals surface area contributed by atoms with E-state index in [9.17, 15) is 17.7 Å². The molecule has 0 spiro atoms. The van der Waals surface area contributed by atoms with Crippen molar-refractivity contribution in [2.45, 2.75) is 16.4 Å². The molecule has 0 aliphatic carbocycles. The number of rotatable bonds is 0. The number of fused-ring (bicyclic) bond motifs is 3. The molecule has 2 unspecified atom stereocenters. The number of nitrogens with one attached hydrogen (secondary N) is 1. The second kappa shape index (κ2) is 4.01. The van der Waals surface area contributed by atoms with E-state index in [1.165, 1.54) is 0 Å². The lowest BCUT2D eigenvalue weighted by Crippen LogP contribution is -2.51. The minimum absolute atomic E-state index is 0.193. The Hall–Kier alpha value is -0.990. The molecule has 0 aromatic carbocycles. The van der Waals surface area contributed by atoms with Gasteiger partial charge < -0.3 is 14.8 Å². The Morgan fingerprint density at radius 3 is 3.00 bits per heavy atom. The highest BCUT2D eigenvalue weighted by Gasteiger charge is 2.46. The van der Waals surface area contributed by atoms with E-state index in [1.54, 1.807) is 0 Å². The van der Waals surface area contributed by atoms with Gasteiger partial charge in [0.05, 0.1) is 12.1 Å². The predicted octanol–water partition coefficient (Wildman–Crippen LogP) is 0.957. The van der Waals surface area contributed by atoms with Crippen LogP contribution < -0.4 is 10.2 Å². The zero-order chi connectivity index (χ0) is 12.9. The van der Waals surface area contributed by atoms with Gasteiger partial charge in [0.15, 0.2) is 10.7 Å². The summed E-state index contributed by atoms with van der Waals surface area (Å²) < 4.78 is 49.9. The average molecular weight is 277 g/mol. The van der Waals surface area contributed by atoms with Crippen molar-refractivity contribution < 1.29 is 17.7 Å². The Morgan fingerprint density at radius 2 is 2.28 bits per heavy atom. The fourth-order valence-electron chi connectivity index (χ4n) is 2.22. The van der Waals surface area contributed by atoms with Crippen molar-refractivity contribution in [2.75, 3.05) is 24.5 Å². The topological polar surface area (TPSA) is 51.2 Å². The summed E-state index contributed by atoms with van der Waals surface area (Å²) in [5, 5.41) is 2.78. The molecule has 0 bridgehead atoms. The van der Waals surface area contributed by atoms with Crippen LogP contribution in [0.4, 0.5) is 19.0 Å². The molecule has 2 aliphatic rings. The van der Waals surface area contributed by atoms with E-state index in [4.69, 9.17) is 0 Å². The molecule has 1 aromatic heterocycles. The van der Waals surface area contributed by atoms with Crippen LogP contribution in [0, 0.1) is 0 Å². The van der Waals surface area contributed by atoms with Crippen molar-refractivity contribution in [3.63, 3.8) is 0 Å². The minimum Gasteiger partial charge on any atom is -0.610 e. The van der Waals surface area contributed by atoms with Crippen molar-refractivity contribution in [1.29, 1.82) is 0 Å². The molecule has 1 fully saturated rings. The van der Waals surface area contributed by atoms with Crippen molar-refractivity contribution in [3.8, 4) is 0 Å². The van der Waals surface area contributed by atoms with Crippen LogP contribution in [-0.2, 0) is 17.4 Å². The monoisotopic (exact) mass is 277 g/mol. The average Bonchev–Trinajstić information content (AvgIpc) is 2.63. The summed E-state index contributed by atoms with van der Waals surface area (Å²) in [6, 6.07) is 0.955. The Kier molecular flexibility index (Phi) is 2.68.